The maximum atomic E-state index is 12.4. The number of nitrogens with zero attached hydrogens (tertiary/aromatic N) is 3. The van der Waals surface area contributed by atoms with Crippen LogP contribution in [0, 0.1) is 10.1 Å². The summed E-state index contributed by atoms with van der Waals surface area (Å²) in [7, 11) is 0. The van der Waals surface area contributed by atoms with Crippen molar-refractivity contribution < 1.29 is 9.72 Å². The highest BCUT2D eigenvalue weighted by Gasteiger charge is 2.15. The molecule has 0 aliphatic heterocycles. The van der Waals surface area contributed by atoms with Crippen molar-refractivity contribution >= 4 is 23.2 Å². The second-order valence-corrected chi connectivity index (χ2v) is 5.98. The lowest BCUT2D eigenvalue weighted by atomic mass is 10.1. The van der Waals surface area contributed by atoms with Crippen molar-refractivity contribution in [2.75, 3.05) is 0 Å². The monoisotopic (exact) mass is 370 g/mol. The predicted octanol–water partition coefficient (Wildman–Crippen LogP) is 3.42. The second kappa shape index (κ2) is 7.79. The van der Waals surface area contributed by atoms with Gasteiger partial charge in [0.05, 0.1) is 22.1 Å². The fourth-order valence-corrected chi connectivity index (χ4v) is 2.79. The van der Waals surface area contributed by atoms with Crippen LogP contribution in [0.3, 0.4) is 0 Å². The minimum Gasteiger partial charge on any atom is -0.348 e. The maximum absolute atomic E-state index is 12.4. The molecule has 0 unspecified atom stereocenters. The maximum Gasteiger partial charge on any atom is 0.270 e. The largest absolute Gasteiger partial charge is 0.348 e. The summed E-state index contributed by atoms with van der Waals surface area (Å²) in [5.74, 6) is -0.390. The number of nitro benzene ring substituents is 1. The van der Waals surface area contributed by atoms with Gasteiger partial charge in [-0.1, -0.05) is 35.9 Å². The van der Waals surface area contributed by atoms with E-state index in [0.29, 0.717) is 13.1 Å². The number of carbonyl (C=O) groups is 1. The average Bonchev–Trinajstić information content (AvgIpc) is 3.13. The number of benzene rings is 2. The summed E-state index contributed by atoms with van der Waals surface area (Å²) in [6.07, 6.45) is 3.58. The quantitative estimate of drug-likeness (QED) is 0.531. The summed E-state index contributed by atoms with van der Waals surface area (Å²) in [4.78, 5) is 22.6. The third-order valence-electron chi connectivity index (χ3n) is 3.86. The van der Waals surface area contributed by atoms with E-state index in [-0.39, 0.29) is 16.3 Å². The Balaban J connectivity index is 1.71. The molecule has 0 aliphatic rings. The van der Waals surface area contributed by atoms with Crippen LogP contribution in [-0.4, -0.2) is 20.6 Å². The highest BCUT2D eigenvalue weighted by Crippen LogP contribution is 2.22. The molecular weight excluding hydrogens is 356 g/mol. The van der Waals surface area contributed by atoms with E-state index in [1.54, 1.807) is 10.9 Å². The zero-order valence-electron chi connectivity index (χ0n) is 13.6. The SMILES string of the molecule is O=C(NCc1ccccc1Cn1cccn1)c1ccc([N+](=O)[O-])cc1Cl. The van der Waals surface area contributed by atoms with Crippen LogP contribution in [0.25, 0.3) is 0 Å². The van der Waals surface area contributed by atoms with Crippen molar-refractivity contribution in [1.29, 1.82) is 0 Å². The van der Waals surface area contributed by atoms with Gasteiger partial charge >= 0.3 is 0 Å². The molecule has 0 atom stereocenters. The molecule has 0 saturated carbocycles. The first kappa shape index (κ1) is 17.6. The van der Waals surface area contributed by atoms with Gasteiger partial charge in [-0.3, -0.25) is 19.6 Å². The zero-order valence-corrected chi connectivity index (χ0v) is 14.4. The van der Waals surface area contributed by atoms with Crippen molar-refractivity contribution in [3.63, 3.8) is 0 Å². The van der Waals surface area contributed by atoms with Gasteiger partial charge in [-0.25, -0.2) is 0 Å². The number of aromatic nitrogens is 2. The first-order chi connectivity index (χ1) is 12.5. The van der Waals surface area contributed by atoms with Gasteiger partial charge in [-0.15, -0.1) is 0 Å². The van der Waals surface area contributed by atoms with Crippen LogP contribution >= 0.6 is 11.6 Å². The van der Waals surface area contributed by atoms with Crippen molar-refractivity contribution in [2.45, 2.75) is 13.1 Å². The number of hydrogen-bond donors (Lipinski definition) is 1. The van der Waals surface area contributed by atoms with E-state index < -0.39 is 10.8 Å². The van der Waals surface area contributed by atoms with Gasteiger partial charge in [-0.05, 0) is 23.3 Å². The third-order valence-corrected chi connectivity index (χ3v) is 4.17. The second-order valence-electron chi connectivity index (χ2n) is 5.58. The molecule has 7 nitrogen and oxygen atoms in total. The van der Waals surface area contributed by atoms with E-state index in [1.807, 2.05) is 36.5 Å². The first-order valence-corrected chi connectivity index (χ1v) is 8.19. The molecule has 1 amide bonds. The van der Waals surface area contributed by atoms with Gasteiger partial charge in [0.2, 0.25) is 0 Å². The molecule has 132 valence electrons. The molecule has 3 rings (SSSR count). The third kappa shape index (κ3) is 4.07. The average molecular weight is 371 g/mol. The number of amides is 1. The highest BCUT2D eigenvalue weighted by atomic mass is 35.5. The highest BCUT2D eigenvalue weighted by molar-refractivity contribution is 6.34. The normalized spacial score (nSPS) is 10.5. The Hall–Kier alpha value is -3.19. The van der Waals surface area contributed by atoms with Gasteiger partial charge < -0.3 is 5.32 Å². The van der Waals surface area contributed by atoms with Crippen LogP contribution in [0.1, 0.15) is 21.5 Å². The molecule has 8 heteroatoms. The summed E-state index contributed by atoms with van der Waals surface area (Å²) in [5.41, 5.74) is 2.03. The van der Waals surface area contributed by atoms with Gasteiger partial charge in [0, 0.05) is 31.1 Å². The first-order valence-electron chi connectivity index (χ1n) is 7.81. The lowest BCUT2D eigenvalue weighted by molar-refractivity contribution is -0.384. The van der Waals surface area contributed by atoms with E-state index >= 15 is 0 Å². The molecule has 0 bridgehead atoms. The van der Waals surface area contributed by atoms with Crippen LogP contribution in [0.5, 0.6) is 0 Å². The molecule has 2 aromatic carbocycles. The summed E-state index contributed by atoms with van der Waals surface area (Å²) in [6, 6.07) is 13.4. The van der Waals surface area contributed by atoms with E-state index in [2.05, 4.69) is 10.4 Å². The number of non-ortho nitro benzene ring substituents is 1. The Labute approximate surface area is 154 Å². The van der Waals surface area contributed by atoms with Crippen molar-refractivity contribution in [1.82, 2.24) is 15.1 Å². The van der Waals surface area contributed by atoms with Crippen LogP contribution in [-0.2, 0) is 13.1 Å². The van der Waals surface area contributed by atoms with Crippen LogP contribution in [0.4, 0.5) is 5.69 Å². The standard InChI is InChI=1S/C18H15ClN4O3/c19-17-10-15(23(25)26)6-7-16(17)18(24)20-11-13-4-1-2-5-14(13)12-22-9-3-8-21-22/h1-10H,11-12H2,(H,20,24). The Morgan fingerprint density at radius 3 is 2.62 bits per heavy atom. The molecule has 3 aromatic rings. The topological polar surface area (TPSA) is 90.1 Å². The van der Waals surface area contributed by atoms with Crippen molar-refractivity contribution in [3.8, 4) is 0 Å². The number of nitro groups is 1. The lowest BCUT2D eigenvalue weighted by Gasteiger charge is -2.11. The van der Waals surface area contributed by atoms with E-state index in [0.717, 1.165) is 11.1 Å². The fourth-order valence-electron chi connectivity index (χ4n) is 2.53. The number of halogens is 1. The number of nitrogens with one attached hydrogen (secondary N) is 1. The Morgan fingerprint density at radius 1 is 1.19 bits per heavy atom. The van der Waals surface area contributed by atoms with Gasteiger partial charge in [0.15, 0.2) is 0 Å². The summed E-state index contributed by atoms with van der Waals surface area (Å²) >= 11 is 6.00. The number of hydrogen-bond acceptors (Lipinski definition) is 4. The van der Waals surface area contributed by atoms with Gasteiger partial charge in [0.1, 0.15) is 0 Å². The molecule has 0 fully saturated rings. The lowest BCUT2D eigenvalue weighted by Crippen LogP contribution is -2.24. The summed E-state index contributed by atoms with van der Waals surface area (Å²) in [6.45, 7) is 0.904. The molecule has 1 N–H and O–H groups in total. The zero-order chi connectivity index (χ0) is 18.5. The molecule has 26 heavy (non-hydrogen) atoms. The fraction of sp³-hybridized carbons (Fsp3) is 0.111. The van der Waals surface area contributed by atoms with E-state index in [4.69, 9.17) is 11.6 Å². The van der Waals surface area contributed by atoms with Crippen LogP contribution < -0.4 is 5.32 Å². The number of carbonyl (C=O) groups excluding carboxylic acids is 1. The molecule has 0 spiro atoms. The molecule has 0 saturated heterocycles. The number of rotatable bonds is 6. The van der Waals surface area contributed by atoms with Crippen LogP contribution in [0.2, 0.25) is 5.02 Å². The Kier molecular flexibility index (Phi) is 5.28. The molecule has 0 aliphatic carbocycles. The van der Waals surface area contributed by atoms with Gasteiger partial charge in [0.25, 0.3) is 11.6 Å². The Bertz CT molecular complexity index is 941. The van der Waals surface area contributed by atoms with Gasteiger partial charge in [-0.2, -0.15) is 5.10 Å². The minimum absolute atomic E-state index is 0.0431. The van der Waals surface area contributed by atoms with Crippen molar-refractivity contribution in [3.05, 3.63) is 92.8 Å². The predicted molar refractivity (Wildman–Crippen MR) is 97.0 cm³/mol. The molecule has 1 aromatic heterocycles. The molecule has 0 radical (unpaired) electrons. The minimum atomic E-state index is -0.556. The van der Waals surface area contributed by atoms with Crippen molar-refractivity contribution in [2.24, 2.45) is 0 Å². The smallest absolute Gasteiger partial charge is 0.270 e. The van der Waals surface area contributed by atoms with E-state index in [1.165, 1.54) is 18.2 Å². The summed E-state index contributed by atoms with van der Waals surface area (Å²) < 4.78 is 1.80. The van der Waals surface area contributed by atoms with E-state index in [9.17, 15) is 14.9 Å². The van der Waals surface area contributed by atoms with Crippen LogP contribution in [0.15, 0.2) is 60.9 Å². The molecule has 1 heterocycles. The molecular formula is C18H15ClN4O3. The summed E-state index contributed by atoms with van der Waals surface area (Å²) in [5, 5.41) is 17.8. The Morgan fingerprint density at radius 2 is 1.96 bits per heavy atom.